The van der Waals surface area contributed by atoms with Gasteiger partial charge in [0.05, 0.1) is 12.7 Å². The Morgan fingerprint density at radius 2 is 1.59 bits per heavy atom. The summed E-state index contributed by atoms with van der Waals surface area (Å²) in [7, 11) is 0. The molecule has 0 heterocycles. The molecule has 3 aromatic rings. The molecule has 0 aromatic heterocycles. The van der Waals surface area contributed by atoms with Gasteiger partial charge in [-0.15, -0.1) is 0 Å². The summed E-state index contributed by atoms with van der Waals surface area (Å²) in [4.78, 5) is 0. The Kier molecular flexibility index (Phi) is 7.68. The number of rotatable bonds is 10. The predicted octanol–water partition coefficient (Wildman–Crippen LogP) is 4.80. The molecule has 2 N–H and O–H groups in total. The highest BCUT2D eigenvalue weighted by atomic mass is 16.5. The summed E-state index contributed by atoms with van der Waals surface area (Å²) in [6.07, 6.45) is -0.528. The molecule has 0 fully saturated rings. The van der Waals surface area contributed by atoms with Crippen LogP contribution in [0, 0.1) is 6.92 Å². The minimum absolute atomic E-state index is 0.486. The first kappa shape index (κ1) is 20.9. The maximum Gasteiger partial charge on any atom is 0.161 e. The number of aryl methyl sites for hydroxylation is 1. The fraction of sp³-hybridized carbons (Fsp3) is 0.280. The monoisotopic (exact) mass is 391 g/mol. The highest BCUT2D eigenvalue weighted by Crippen LogP contribution is 2.29. The van der Waals surface area contributed by atoms with Crippen LogP contribution in [0.3, 0.4) is 0 Å². The van der Waals surface area contributed by atoms with E-state index in [0.717, 1.165) is 28.2 Å². The van der Waals surface area contributed by atoms with Crippen molar-refractivity contribution in [2.24, 2.45) is 0 Å². The molecule has 3 rings (SSSR count). The molecule has 0 saturated carbocycles. The van der Waals surface area contributed by atoms with E-state index < -0.39 is 6.10 Å². The molecular formula is C25H29NO3. The largest absolute Gasteiger partial charge is 0.490 e. The molecule has 1 atom stereocenters. The smallest absolute Gasteiger partial charge is 0.161 e. The number of benzene rings is 3. The zero-order valence-corrected chi connectivity index (χ0v) is 17.1. The van der Waals surface area contributed by atoms with Crippen LogP contribution in [0.5, 0.6) is 11.5 Å². The van der Waals surface area contributed by atoms with Gasteiger partial charge in [0, 0.05) is 13.1 Å². The quantitative estimate of drug-likeness (QED) is 0.521. The molecule has 0 bridgehead atoms. The van der Waals surface area contributed by atoms with Crippen LogP contribution in [0.4, 0.5) is 0 Å². The summed E-state index contributed by atoms with van der Waals surface area (Å²) in [6, 6.07) is 24.0. The van der Waals surface area contributed by atoms with Gasteiger partial charge in [0.25, 0.3) is 0 Å². The van der Waals surface area contributed by atoms with Crippen LogP contribution in [0.15, 0.2) is 72.8 Å². The summed E-state index contributed by atoms with van der Waals surface area (Å²) in [5.74, 6) is 1.48. The van der Waals surface area contributed by atoms with Gasteiger partial charge in [-0.1, -0.05) is 66.2 Å². The lowest BCUT2D eigenvalue weighted by atomic mass is 10.1. The SMILES string of the molecule is CCOc1cc(CNC[C@@H](O)c2ccccc2)ccc1OCc1ccc(C)cc1. The van der Waals surface area contributed by atoms with E-state index in [1.54, 1.807) is 0 Å². The topological polar surface area (TPSA) is 50.7 Å². The van der Waals surface area contributed by atoms with Crippen molar-refractivity contribution in [3.63, 3.8) is 0 Å². The molecule has 0 aliphatic heterocycles. The average molecular weight is 392 g/mol. The Labute approximate surface area is 173 Å². The van der Waals surface area contributed by atoms with Crippen molar-refractivity contribution in [1.29, 1.82) is 0 Å². The highest BCUT2D eigenvalue weighted by molar-refractivity contribution is 5.43. The first-order chi connectivity index (χ1) is 14.2. The Bertz CT molecular complexity index is 878. The van der Waals surface area contributed by atoms with Crippen molar-refractivity contribution in [2.75, 3.05) is 13.2 Å². The summed E-state index contributed by atoms with van der Waals surface area (Å²) in [5.41, 5.74) is 4.35. The van der Waals surface area contributed by atoms with E-state index in [-0.39, 0.29) is 0 Å². The van der Waals surface area contributed by atoms with Crippen LogP contribution in [-0.4, -0.2) is 18.3 Å². The van der Waals surface area contributed by atoms with Crippen LogP contribution >= 0.6 is 0 Å². The van der Waals surface area contributed by atoms with Gasteiger partial charge in [-0.05, 0) is 42.7 Å². The summed E-state index contributed by atoms with van der Waals surface area (Å²) in [6.45, 7) is 6.24. The third-order valence-electron chi connectivity index (χ3n) is 4.67. The average Bonchev–Trinajstić information content (AvgIpc) is 2.75. The van der Waals surface area contributed by atoms with E-state index in [9.17, 15) is 5.11 Å². The first-order valence-corrected chi connectivity index (χ1v) is 10.0. The van der Waals surface area contributed by atoms with Crippen LogP contribution in [-0.2, 0) is 13.2 Å². The molecule has 0 aliphatic carbocycles. The molecule has 0 spiro atoms. The van der Waals surface area contributed by atoms with Gasteiger partial charge in [-0.25, -0.2) is 0 Å². The molecule has 0 saturated heterocycles. The second kappa shape index (κ2) is 10.6. The number of ether oxygens (including phenoxy) is 2. The van der Waals surface area contributed by atoms with Gasteiger partial charge in [0.15, 0.2) is 11.5 Å². The third kappa shape index (κ3) is 6.34. The molecule has 0 amide bonds. The Morgan fingerprint density at radius 1 is 0.862 bits per heavy atom. The molecule has 29 heavy (non-hydrogen) atoms. The molecule has 152 valence electrons. The van der Waals surface area contributed by atoms with Crippen molar-refractivity contribution in [1.82, 2.24) is 5.32 Å². The normalized spacial score (nSPS) is 11.8. The molecule has 0 unspecified atom stereocenters. The lowest BCUT2D eigenvalue weighted by molar-refractivity contribution is 0.174. The van der Waals surface area contributed by atoms with Gasteiger partial charge in [0.2, 0.25) is 0 Å². The van der Waals surface area contributed by atoms with Gasteiger partial charge >= 0.3 is 0 Å². The second-order valence-corrected chi connectivity index (χ2v) is 7.05. The Morgan fingerprint density at radius 3 is 2.31 bits per heavy atom. The molecule has 4 nitrogen and oxygen atoms in total. The van der Waals surface area contributed by atoms with Crippen molar-refractivity contribution in [3.05, 3.63) is 95.1 Å². The summed E-state index contributed by atoms with van der Waals surface area (Å²) < 4.78 is 11.8. The van der Waals surface area contributed by atoms with Crippen molar-refractivity contribution < 1.29 is 14.6 Å². The number of aliphatic hydroxyl groups excluding tert-OH is 1. The fourth-order valence-electron chi connectivity index (χ4n) is 3.04. The lowest BCUT2D eigenvalue weighted by Gasteiger charge is -2.15. The van der Waals surface area contributed by atoms with Gasteiger partial charge < -0.3 is 19.9 Å². The number of hydrogen-bond acceptors (Lipinski definition) is 4. The van der Waals surface area contributed by atoms with Crippen LogP contribution in [0.1, 0.15) is 35.3 Å². The highest BCUT2D eigenvalue weighted by Gasteiger charge is 2.09. The molecular weight excluding hydrogens is 362 g/mol. The summed E-state index contributed by atoms with van der Waals surface area (Å²) >= 11 is 0. The van der Waals surface area contributed by atoms with E-state index in [0.29, 0.717) is 26.3 Å². The Balaban J connectivity index is 1.57. The fourth-order valence-corrected chi connectivity index (χ4v) is 3.04. The van der Waals surface area contributed by atoms with E-state index in [1.807, 2.05) is 55.5 Å². The predicted molar refractivity (Wildman–Crippen MR) is 116 cm³/mol. The van der Waals surface area contributed by atoms with Crippen LogP contribution in [0.2, 0.25) is 0 Å². The first-order valence-electron chi connectivity index (χ1n) is 10.0. The van der Waals surface area contributed by atoms with Gasteiger partial charge in [-0.3, -0.25) is 0 Å². The maximum absolute atomic E-state index is 10.3. The zero-order chi connectivity index (χ0) is 20.5. The van der Waals surface area contributed by atoms with E-state index in [4.69, 9.17) is 9.47 Å². The van der Waals surface area contributed by atoms with Gasteiger partial charge in [-0.2, -0.15) is 0 Å². The maximum atomic E-state index is 10.3. The van der Waals surface area contributed by atoms with E-state index in [2.05, 4.69) is 36.5 Å². The minimum atomic E-state index is -0.528. The molecule has 0 aliphatic rings. The third-order valence-corrected chi connectivity index (χ3v) is 4.67. The van der Waals surface area contributed by atoms with E-state index >= 15 is 0 Å². The number of nitrogens with one attached hydrogen (secondary N) is 1. The van der Waals surface area contributed by atoms with Crippen LogP contribution < -0.4 is 14.8 Å². The van der Waals surface area contributed by atoms with Crippen molar-refractivity contribution in [3.8, 4) is 11.5 Å². The number of hydrogen-bond donors (Lipinski definition) is 2. The van der Waals surface area contributed by atoms with Crippen molar-refractivity contribution in [2.45, 2.75) is 33.1 Å². The summed E-state index contributed by atoms with van der Waals surface area (Å²) in [5, 5.41) is 13.6. The standard InChI is InChI=1S/C25H29NO3/c1-3-28-25-15-21(16-26-17-23(27)22-7-5-4-6-8-22)13-14-24(25)29-18-20-11-9-19(2)10-12-20/h4-15,23,26-27H,3,16-18H2,1-2H3/t23-/m1/s1. The molecule has 0 radical (unpaired) electrons. The number of aliphatic hydroxyl groups is 1. The zero-order valence-electron chi connectivity index (χ0n) is 17.1. The van der Waals surface area contributed by atoms with Crippen molar-refractivity contribution >= 4 is 0 Å². The second-order valence-electron chi connectivity index (χ2n) is 7.05. The Hall–Kier alpha value is -2.82. The van der Waals surface area contributed by atoms with Gasteiger partial charge in [0.1, 0.15) is 6.61 Å². The lowest BCUT2D eigenvalue weighted by Crippen LogP contribution is -2.21. The molecule has 3 aromatic carbocycles. The van der Waals surface area contributed by atoms with E-state index in [1.165, 1.54) is 5.56 Å². The minimum Gasteiger partial charge on any atom is -0.490 e. The molecule has 4 heteroatoms. The van der Waals surface area contributed by atoms with Crippen LogP contribution in [0.25, 0.3) is 0 Å².